The fourth-order valence-electron chi connectivity index (χ4n) is 4.00. The van der Waals surface area contributed by atoms with Gasteiger partial charge in [-0.2, -0.15) is 0 Å². The molecule has 1 fully saturated rings. The molecular formula is C22H35FN4O4. The van der Waals surface area contributed by atoms with E-state index in [0.29, 0.717) is 17.8 Å². The van der Waals surface area contributed by atoms with E-state index >= 15 is 0 Å². The Morgan fingerprint density at radius 1 is 1.32 bits per heavy atom. The minimum Gasteiger partial charge on any atom is -0.481 e. The number of benzene rings is 1. The summed E-state index contributed by atoms with van der Waals surface area (Å²) in [6, 6.07) is 3.50. The molecule has 1 aromatic rings. The predicted octanol–water partition coefficient (Wildman–Crippen LogP) is 1.15. The largest absolute Gasteiger partial charge is 0.481 e. The molecule has 31 heavy (non-hydrogen) atoms. The van der Waals surface area contributed by atoms with E-state index < -0.39 is 35.4 Å². The van der Waals surface area contributed by atoms with Crippen LogP contribution < -0.4 is 16.4 Å². The van der Waals surface area contributed by atoms with Gasteiger partial charge in [0.15, 0.2) is 0 Å². The third-order valence-electron chi connectivity index (χ3n) is 6.13. The number of anilines is 1. The van der Waals surface area contributed by atoms with E-state index in [9.17, 15) is 24.2 Å². The summed E-state index contributed by atoms with van der Waals surface area (Å²) in [4.78, 5) is 27.8. The van der Waals surface area contributed by atoms with Gasteiger partial charge in [0.05, 0.1) is 24.3 Å². The van der Waals surface area contributed by atoms with Crippen LogP contribution in [0.5, 0.6) is 0 Å². The van der Waals surface area contributed by atoms with Gasteiger partial charge >= 0.3 is 5.97 Å². The number of halogens is 1. The van der Waals surface area contributed by atoms with Gasteiger partial charge in [0.25, 0.3) is 0 Å². The summed E-state index contributed by atoms with van der Waals surface area (Å²) < 4.78 is 13.8. The molecule has 0 spiro atoms. The van der Waals surface area contributed by atoms with Gasteiger partial charge in [0.2, 0.25) is 5.91 Å². The Balaban J connectivity index is 2.13. The van der Waals surface area contributed by atoms with Crippen LogP contribution in [0.3, 0.4) is 0 Å². The third kappa shape index (κ3) is 6.00. The van der Waals surface area contributed by atoms with Crippen LogP contribution in [0.15, 0.2) is 18.2 Å². The van der Waals surface area contributed by atoms with Crippen molar-refractivity contribution in [2.45, 2.75) is 58.3 Å². The molecule has 2 rings (SSSR count). The molecule has 0 aromatic heterocycles. The first-order valence-corrected chi connectivity index (χ1v) is 10.6. The number of aliphatic hydroxyl groups excluding tert-OH is 1. The lowest BCUT2D eigenvalue weighted by Crippen LogP contribution is -2.64. The van der Waals surface area contributed by atoms with Crippen molar-refractivity contribution in [3.8, 4) is 0 Å². The molecule has 0 saturated carbocycles. The number of carbonyl (C=O) groups excluding carboxylic acids is 1. The van der Waals surface area contributed by atoms with Crippen molar-refractivity contribution in [1.29, 1.82) is 0 Å². The van der Waals surface area contributed by atoms with Crippen molar-refractivity contribution < 1.29 is 24.2 Å². The number of aliphatic carboxylic acids is 1. The standard InChI is InChI=1S/C22H35FN4O4/c1-13(2)16(21(30)31)8-19(28)17(25)10-26-11-20(29)27(12-22(26,3)4)18-7-15(23)6-5-14(18)9-24/h5-7,13,16-17,19,28H,8-12,24-25H2,1-4H3,(H,30,31). The van der Waals surface area contributed by atoms with Crippen LogP contribution in [-0.4, -0.2) is 64.3 Å². The quantitative estimate of drug-likeness (QED) is 0.454. The number of carboxylic acids is 1. The maximum absolute atomic E-state index is 13.8. The zero-order valence-corrected chi connectivity index (χ0v) is 18.7. The Bertz CT molecular complexity index is 802. The first-order chi connectivity index (χ1) is 14.4. The second-order valence-electron chi connectivity index (χ2n) is 9.31. The van der Waals surface area contributed by atoms with Crippen LogP contribution in [-0.2, 0) is 16.1 Å². The molecule has 1 aliphatic rings. The molecule has 1 saturated heterocycles. The number of hydrogen-bond acceptors (Lipinski definition) is 6. The Morgan fingerprint density at radius 3 is 2.52 bits per heavy atom. The van der Waals surface area contributed by atoms with Crippen LogP contribution in [0, 0.1) is 17.7 Å². The number of carbonyl (C=O) groups is 2. The summed E-state index contributed by atoms with van der Waals surface area (Å²) >= 11 is 0. The zero-order chi connectivity index (χ0) is 23.5. The third-order valence-corrected chi connectivity index (χ3v) is 6.13. The Hall–Kier alpha value is -2.07. The number of rotatable bonds is 9. The molecule has 1 heterocycles. The molecule has 8 nitrogen and oxygen atoms in total. The smallest absolute Gasteiger partial charge is 0.306 e. The molecular weight excluding hydrogens is 403 g/mol. The van der Waals surface area contributed by atoms with Gasteiger partial charge in [-0.05, 0) is 43.9 Å². The number of nitrogens with zero attached hydrogens (tertiary/aromatic N) is 2. The average molecular weight is 439 g/mol. The highest BCUT2D eigenvalue weighted by Crippen LogP contribution is 2.30. The summed E-state index contributed by atoms with van der Waals surface area (Å²) in [6.07, 6.45) is -0.967. The molecule has 0 radical (unpaired) electrons. The van der Waals surface area contributed by atoms with Crippen LogP contribution in [0.1, 0.15) is 39.7 Å². The Labute approximate surface area is 183 Å². The first-order valence-electron chi connectivity index (χ1n) is 10.6. The number of amides is 1. The highest BCUT2D eigenvalue weighted by molar-refractivity contribution is 5.96. The van der Waals surface area contributed by atoms with Crippen molar-refractivity contribution in [2.24, 2.45) is 23.3 Å². The van der Waals surface area contributed by atoms with Gasteiger partial charge < -0.3 is 26.6 Å². The van der Waals surface area contributed by atoms with Crippen LogP contribution in [0.25, 0.3) is 0 Å². The predicted molar refractivity (Wildman–Crippen MR) is 117 cm³/mol. The van der Waals surface area contributed by atoms with E-state index in [0.717, 1.165) is 0 Å². The number of piperazine rings is 1. The maximum Gasteiger partial charge on any atom is 0.306 e. The summed E-state index contributed by atoms with van der Waals surface area (Å²) in [5.41, 5.74) is 12.6. The highest BCUT2D eigenvalue weighted by atomic mass is 19.1. The topological polar surface area (TPSA) is 133 Å². The minimum atomic E-state index is -1.01. The molecule has 9 heteroatoms. The highest BCUT2D eigenvalue weighted by Gasteiger charge is 2.40. The van der Waals surface area contributed by atoms with Crippen molar-refractivity contribution in [1.82, 2.24) is 4.90 Å². The van der Waals surface area contributed by atoms with Gasteiger partial charge in [-0.1, -0.05) is 19.9 Å². The van der Waals surface area contributed by atoms with Gasteiger partial charge in [-0.25, -0.2) is 4.39 Å². The summed E-state index contributed by atoms with van der Waals surface area (Å²) in [6.45, 7) is 8.23. The van der Waals surface area contributed by atoms with Crippen LogP contribution in [0.4, 0.5) is 10.1 Å². The molecule has 3 unspecified atom stereocenters. The van der Waals surface area contributed by atoms with E-state index in [2.05, 4.69) is 0 Å². The summed E-state index contributed by atoms with van der Waals surface area (Å²) in [7, 11) is 0. The lowest BCUT2D eigenvalue weighted by Gasteiger charge is -2.48. The van der Waals surface area contributed by atoms with Gasteiger partial charge in [-0.3, -0.25) is 14.5 Å². The van der Waals surface area contributed by atoms with Gasteiger partial charge in [0.1, 0.15) is 5.82 Å². The summed E-state index contributed by atoms with van der Waals surface area (Å²) in [5, 5.41) is 19.9. The second kappa shape index (κ2) is 10.0. The van der Waals surface area contributed by atoms with Crippen molar-refractivity contribution in [3.05, 3.63) is 29.6 Å². The zero-order valence-electron chi connectivity index (χ0n) is 18.7. The SMILES string of the molecule is CC(C)C(CC(O)C(N)CN1CC(=O)N(c2cc(F)ccc2CN)CC1(C)C)C(=O)O. The van der Waals surface area contributed by atoms with Crippen LogP contribution in [0.2, 0.25) is 0 Å². The first kappa shape index (κ1) is 25.2. The lowest BCUT2D eigenvalue weighted by atomic mass is 9.87. The van der Waals surface area contributed by atoms with Gasteiger partial charge in [-0.15, -0.1) is 0 Å². The Morgan fingerprint density at radius 2 is 1.97 bits per heavy atom. The van der Waals surface area contributed by atoms with E-state index in [1.54, 1.807) is 24.8 Å². The molecule has 1 aromatic carbocycles. The monoisotopic (exact) mass is 438 g/mol. The van der Waals surface area contributed by atoms with E-state index in [1.165, 1.54) is 12.1 Å². The molecule has 174 valence electrons. The summed E-state index contributed by atoms with van der Waals surface area (Å²) in [5.74, 6) is -2.45. The average Bonchev–Trinajstić information content (AvgIpc) is 2.67. The van der Waals surface area contributed by atoms with E-state index in [4.69, 9.17) is 11.5 Å². The van der Waals surface area contributed by atoms with Crippen LogP contribution >= 0.6 is 0 Å². The number of hydrogen-bond donors (Lipinski definition) is 4. The van der Waals surface area contributed by atoms with Crippen molar-refractivity contribution >= 4 is 17.6 Å². The maximum atomic E-state index is 13.8. The van der Waals surface area contributed by atoms with Gasteiger partial charge in [0, 0.05) is 31.2 Å². The van der Waals surface area contributed by atoms with E-state index in [-0.39, 0.29) is 37.9 Å². The number of aliphatic hydroxyl groups is 1. The minimum absolute atomic E-state index is 0.0421. The van der Waals surface area contributed by atoms with Crippen molar-refractivity contribution in [2.75, 3.05) is 24.5 Å². The number of carboxylic acid groups (broad SMARTS) is 1. The van der Waals surface area contributed by atoms with Crippen molar-refractivity contribution in [3.63, 3.8) is 0 Å². The number of nitrogens with two attached hydrogens (primary N) is 2. The molecule has 1 amide bonds. The van der Waals surface area contributed by atoms with E-state index in [1.807, 2.05) is 18.7 Å². The molecule has 0 bridgehead atoms. The molecule has 6 N–H and O–H groups in total. The fourth-order valence-corrected chi connectivity index (χ4v) is 4.00. The molecule has 0 aliphatic carbocycles. The fraction of sp³-hybridized carbons (Fsp3) is 0.636. The lowest BCUT2D eigenvalue weighted by molar-refractivity contribution is -0.144. The molecule has 1 aliphatic heterocycles. The normalized spacial score (nSPS) is 20.0. The Kier molecular flexibility index (Phi) is 8.15. The molecule has 3 atom stereocenters. The second-order valence-corrected chi connectivity index (χ2v) is 9.31.